The van der Waals surface area contributed by atoms with Crippen molar-refractivity contribution < 1.29 is 14.4 Å². The average Bonchev–Trinajstić information content (AvgIpc) is 3.01. The maximum absolute atomic E-state index is 13.5. The zero-order chi connectivity index (χ0) is 30.8. The van der Waals surface area contributed by atoms with Crippen LogP contribution in [0.2, 0.25) is 0 Å². The number of aryl methyl sites for hydroxylation is 1. The lowest BCUT2D eigenvalue weighted by Gasteiger charge is -2.17. The number of carbonyl (C=O) groups is 3. The van der Waals surface area contributed by atoms with E-state index in [4.69, 9.17) is 0 Å². The quantitative estimate of drug-likeness (QED) is 0.122. The molecule has 220 valence electrons. The van der Waals surface area contributed by atoms with Gasteiger partial charge in [-0.05, 0) is 78.4 Å². The van der Waals surface area contributed by atoms with Crippen molar-refractivity contribution in [1.29, 1.82) is 0 Å². The van der Waals surface area contributed by atoms with E-state index in [1.807, 2.05) is 86.6 Å². The Morgan fingerprint density at radius 2 is 1.51 bits per heavy atom. The SMILES string of the molecule is CCC(Sc1cccc(NC(=O)/C(=C\c2ccc(C(C)C)cc2)NC(=O)c2ccccc2)c1)C(=O)Nc1ccccc1C. The van der Waals surface area contributed by atoms with Crippen LogP contribution in [0.4, 0.5) is 11.4 Å². The number of thioether (sulfide) groups is 1. The summed E-state index contributed by atoms with van der Waals surface area (Å²) >= 11 is 1.44. The predicted molar refractivity (Wildman–Crippen MR) is 177 cm³/mol. The fourth-order valence-electron chi connectivity index (χ4n) is 4.34. The minimum Gasteiger partial charge on any atom is -0.325 e. The molecule has 3 N–H and O–H groups in total. The molecule has 1 unspecified atom stereocenters. The van der Waals surface area contributed by atoms with Gasteiger partial charge in [-0.15, -0.1) is 11.8 Å². The van der Waals surface area contributed by atoms with Crippen molar-refractivity contribution in [3.05, 3.63) is 131 Å². The van der Waals surface area contributed by atoms with Gasteiger partial charge in [0.2, 0.25) is 5.91 Å². The van der Waals surface area contributed by atoms with Gasteiger partial charge >= 0.3 is 0 Å². The van der Waals surface area contributed by atoms with E-state index in [2.05, 4.69) is 29.8 Å². The van der Waals surface area contributed by atoms with Gasteiger partial charge in [-0.25, -0.2) is 0 Å². The summed E-state index contributed by atoms with van der Waals surface area (Å²) in [6.07, 6.45) is 2.30. The first kappa shape index (κ1) is 31.3. The topological polar surface area (TPSA) is 87.3 Å². The molecule has 6 nitrogen and oxygen atoms in total. The largest absolute Gasteiger partial charge is 0.325 e. The Morgan fingerprint density at radius 3 is 2.19 bits per heavy atom. The van der Waals surface area contributed by atoms with E-state index in [0.717, 1.165) is 21.7 Å². The van der Waals surface area contributed by atoms with Gasteiger partial charge in [-0.2, -0.15) is 0 Å². The molecule has 7 heteroatoms. The van der Waals surface area contributed by atoms with Crippen molar-refractivity contribution in [2.75, 3.05) is 10.6 Å². The van der Waals surface area contributed by atoms with E-state index in [9.17, 15) is 14.4 Å². The molecular formula is C36H37N3O3S. The second-order valence-electron chi connectivity index (χ2n) is 10.5. The first-order valence-corrected chi connectivity index (χ1v) is 15.2. The monoisotopic (exact) mass is 591 g/mol. The van der Waals surface area contributed by atoms with E-state index >= 15 is 0 Å². The van der Waals surface area contributed by atoms with E-state index in [0.29, 0.717) is 23.6 Å². The summed E-state index contributed by atoms with van der Waals surface area (Å²) in [5.74, 6) is -0.530. The van der Waals surface area contributed by atoms with Crippen LogP contribution in [0, 0.1) is 6.92 Å². The van der Waals surface area contributed by atoms with Crippen LogP contribution in [0.1, 0.15) is 60.2 Å². The number of rotatable bonds is 11. The standard InChI is InChI=1S/C36H37N3O3S/c1-5-33(36(42)38-31-17-10-9-12-25(31)4)43-30-16-11-15-29(23-30)37-35(41)32(39-34(40)28-13-7-6-8-14-28)22-26-18-20-27(21-19-26)24(2)3/h6-24,33H,5H2,1-4H3,(H,37,41)(H,38,42)(H,39,40)/b32-22+. The molecule has 4 aromatic rings. The molecule has 0 bridgehead atoms. The third kappa shape index (κ3) is 8.93. The average molecular weight is 592 g/mol. The highest BCUT2D eigenvalue weighted by Gasteiger charge is 2.20. The Labute approximate surface area is 258 Å². The normalized spacial score (nSPS) is 12.0. The Hall–Kier alpha value is -4.62. The molecule has 1 atom stereocenters. The summed E-state index contributed by atoms with van der Waals surface area (Å²) in [6, 6.07) is 31.7. The minimum absolute atomic E-state index is 0.0754. The molecule has 3 amide bonds. The summed E-state index contributed by atoms with van der Waals surface area (Å²) in [5, 5.41) is 8.42. The van der Waals surface area contributed by atoms with Crippen molar-refractivity contribution >= 4 is 46.9 Å². The van der Waals surface area contributed by atoms with E-state index in [1.165, 1.54) is 17.3 Å². The van der Waals surface area contributed by atoms with Crippen LogP contribution in [-0.2, 0) is 9.59 Å². The highest BCUT2D eigenvalue weighted by Crippen LogP contribution is 2.29. The summed E-state index contributed by atoms with van der Waals surface area (Å²) in [4.78, 5) is 40.4. The Kier molecular flexibility index (Phi) is 10.9. The van der Waals surface area contributed by atoms with E-state index in [-0.39, 0.29) is 22.8 Å². The molecule has 4 aromatic carbocycles. The second kappa shape index (κ2) is 15.0. The van der Waals surface area contributed by atoms with Gasteiger partial charge in [-0.3, -0.25) is 14.4 Å². The van der Waals surface area contributed by atoms with Gasteiger partial charge in [0, 0.05) is 21.8 Å². The van der Waals surface area contributed by atoms with Gasteiger partial charge in [0.25, 0.3) is 11.8 Å². The molecule has 0 radical (unpaired) electrons. The van der Waals surface area contributed by atoms with Crippen LogP contribution in [0.25, 0.3) is 6.08 Å². The van der Waals surface area contributed by atoms with Crippen LogP contribution >= 0.6 is 11.8 Å². The van der Waals surface area contributed by atoms with Gasteiger partial charge in [0.15, 0.2) is 0 Å². The first-order valence-electron chi connectivity index (χ1n) is 14.4. The third-order valence-electron chi connectivity index (χ3n) is 6.88. The van der Waals surface area contributed by atoms with Crippen molar-refractivity contribution in [3.63, 3.8) is 0 Å². The maximum atomic E-state index is 13.5. The highest BCUT2D eigenvalue weighted by atomic mass is 32.2. The van der Waals surface area contributed by atoms with Gasteiger partial charge in [0.05, 0.1) is 5.25 Å². The molecule has 0 saturated heterocycles. The van der Waals surface area contributed by atoms with Gasteiger partial charge in [0.1, 0.15) is 5.70 Å². The molecule has 0 aliphatic heterocycles. The predicted octanol–water partition coefficient (Wildman–Crippen LogP) is 8.04. The van der Waals surface area contributed by atoms with Crippen molar-refractivity contribution in [2.45, 2.75) is 50.2 Å². The lowest BCUT2D eigenvalue weighted by Crippen LogP contribution is -2.30. The number of para-hydroxylation sites is 1. The number of benzene rings is 4. The highest BCUT2D eigenvalue weighted by molar-refractivity contribution is 8.00. The molecule has 0 aromatic heterocycles. The second-order valence-corrected chi connectivity index (χ2v) is 11.8. The molecule has 0 fully saturated rings. The number of hydrogen-bond donors (Lipinski definition) is 3. The smallest absolute Gasteiger partial charge is 0.272 e. The van der Waals surface area contributed by atoms with Crippen molar-refractivity contribution in [1.82, 2.24) is 5.32 Å². The summed E-state index contributed by atoms with van der Waals surface area (Å²) in [6.45, 7) is 8.17. The molecule has 0 aliphatic rings. The van der Waals surface area contributed by atoms with E-state index < -0.39 is 5.91 Å². The summed E-state index contributed by atoms with van der Waals surface area (Å²) < 4.78 is 0. The first-order chi connectivity index (χ1) is 20.7. The number of carbonyl (C=O) groups excluding carboxylic acids is 3. The summed E-state index contributed by atoms with van der Waals surface area (Å²) in [5.41, 5.74) is 4.89. The van der Waals surface area contributed by atoms with Crippen molar-refractivity contribution in [2.24, 2.45) is 0 Å². The van der Waals surface area contributed by atoms with E-state index in [1.54, 1.807) is 36.4 Å². The number of amides is 3. The zero-order valence-electron chi connectivity index (χ0n) is 24.9. The molecule has 0 heterocycles. The van der Waals surface area contributed by atoms with Gasteiger partial charge in [-0.1, -0.05) is 87.5 Å². The molecule has 0 spiro atoms. The van der Waals surface area contributed by atoms with Crippen molar-refractivity contribution in [3.8, 4) is 0 Å². The number of hydrogen-bond acceptors (Lipinski definition) is 4. The molecule has 0 aliphatic carbocycles. The maximum Gasteiger partial charge on any atom is 0.272 e. The fourth-order valence-corrected chi connectivity index (χ4v) is 5.36. The third-order valence-corrected chi connectivity index (χ3v) is 8.24. The molecule has 0 saturated carbocycles. The zero-order valence-corrected chi connectivity index (χ0v) is 25.7. The molecular weight excluding hydrogens is 554 g/mol. The minimum atomic E-state index is -0.455. The molecule has 43 heavy (non-hydrogen) atoms. The van der Waals surface area contributed by atoms with Gasteiger partial charge < -0.3 is 16.0 Å². The van der Waals surface area contributed by atoms with Crippen LogP contribution < -0.4 is 16.0 Å². The Bertz CT molecular complexity index is 1600. The number of anilines is 2. The Balaban J connectivity index is 1.51. The lowest BCUT2D eigenvalue weighted by atomic mass is 10.0. The van der Waals surface area contributed by atoms with Crippen LogP contribution in [-0.4, -0.2) is 23.0 Å². The van der Waals surface area contributed by atoms with Crippen LogP contribution in [0.5, 0.6) is 0 Å². The molecule has 4 rings (SSSR count). The fraction of sp³-hybridized carbons (Fsp3) is 0.194. The van der Waals surface area contributed by atoms with Crippen LogP contribution in [0.3, 0.4) is 0 Å². The number of nitrogens with one attached hydrogen (secondary N) is 3. The Morgan fingerprint density at radius 1 is 0.814 bits per heavy atom. The lowest BCUT2D eigenvalue weighted by molar-refractivity contribution is -0.116. The van der Waals surface area contributed by atoms with Crippen LogP contribution in [0.15, 0.2) is 114 Å². The summed E-state index contributed by atoms with van der Waals surface area (Å²) in [7, 11) is 0.